The van der Waals surface area contributed by atoms with Crippen LogP contribution >= 0.6 is 0 Å². The van der Waals surface area contributed by atoms with Crippen LogP contribution in [0.25, 0.3) is 0 Å². The Balaban J connectivity index is 2.10. The number of rotatable bonds is 17. The highest BCUT2D eigenvalue weighted by Crippen LogP contribution is 2.28. The van der Waals surface area contributed by atoms with Crippen molar-refractivity contribution in [1.29, 1.82) is 0 Å². The van der Waals surface area contributed by atoms with Gasteiger partial charge >= 0.3 is 5.97 Å². The average molecular weight is 393 g/mol. The molecule has 28 heavy (non-hydrogen) atoms. The Morgan fingerprint density at radius 3 is 1.89 bits per heavy atom. The minimum Gasteiger partial charge on any atom is -0.493 e. The normalized spacial score (nSPS) is 10.7. The lowest BCUT2D eigenvalue weighted by Crippen LogP contribution is -2.06. The lowest BCUT2D eigenvalue weighted by molar-refractivity contribution is 0.0526. The highest BCUT2D eigenvalue weighted by molar-refractivity contribution is 5.90. The van der Waals surface area contributed by atoms with Gasteiger partial charge in [-0.25, -0.2) is 4.79 Å². The smallest absolute Gasteiger partial charge is 0.338 e. The Morgan fingerprint density at radius 1 is 0.786 bits per heavy atom. The molecule has 0 unspecified atom stereocenters. The van der Waals surface area contributed by atoms with Gasteiger partial charge in [0.2, 0.25) is 0 Å². The van der Waals surface area contributed by atoms with Gasteiger partial charge in [-0.1, -0.05) is 77.6 Å². The quantitative estimate of drug-likeness (QED) is 0.212. The van der Waals surface area contributed by atoms with E-state index in [1.165, 1.54) is 70.6 Å². The monoisotopic (exact) mass is 392 g/mol. The lowest BCUT2D eigenvalue weighted by atomic mass is 10.1. The molecule has 1 aromatic carbocycles. The lowest BCUT2D eigenvalue weighted by Gasteiger charge is -2.12. The third-order valence-electron chi connectivity index (χ3n) is 4.93. The largest absolute Gasteiger partial charge is 0.493 e. The van der Waals surface area contributed by atoms with Crippen molar-refractivity contribution >= 4 is 5.97 Å². The molecule has 0 aliphatic carbocycles. The molecule has 4 nitrogen and oxygen atoms in total. The summed E-state index contributed by atoms with van der Waals surface area (Å²) in [6.45, 7) is 5.09. The number of carbonyl (C=O) groups excluding carboxylic acids is 1. The van der Waals surface area contributed by atoms with Crippen LogP contribution in [0.2, 0.25) is 0 Å². The van der Waals surface area contributed by atoms with Gasteiger partial charge in [0.15, 0.2) is 11.5 Å². The molecule has 0 heterocycles. The molecule has 0 saturated carbocycles. The first-order chi connectivity index (χ1) is 13.7. The second-order valence-corrected chi connectivity index (χ2v) is 7.32. The van der Waals surface area contributed by atoms with Crippen molar-refractivity contribution in [2.45, 2.75) is 90.9 Å². The number of unbranched alkanes of at least 4 members (excludes halogenated alkanes) is 11. The maximum Gasteiger partial charge on any atom is 0.338 e. The van der Waals surface area contributed by atoms with Crippen LogP contribution in [0.4, 0.5) is 0 Å². The first kappa shape index (κ1) is 24.3. The highest BCUT2D eigenvalue weighted by Gasteiger charge is 2.11. The van der Waals surface area contributed by atoms with Gasteiger partial charge in [-0.15, -0.1) is 0 Å². The second-order valence-electron chi connectivity index (χ2n) is 7.32. The van der Waals surface area contributed by atoms with Crippen molar-refractivity contribution in [2.24, 2.45) is 0 Å². The van der Waals surface area contributed by atoms with Gasteiger partial charge in [0.05, 0.1) is 25.9 Å². The Morgan fingerprint density at radius 2 is 1.36 bits per heavy atom. The van der Waals surface area contributed by atoms with Crippen LogP contribution in [0, 0.1) is 0 Å². The Kier molecular flexibility index (Phi) is 14.1. The molecule has 160 valence electrons. The Hall–Kier alpha value is -1.71. The van der Waals surface area contributed by atoms with E-state index in [0.717, 1.165) is 6.42 Å². The number of carbonyl (C=O) groups is 1. The van der Waals surface area contributed by atoms with Gasteiger partial charge in [-0.05, 0) is 31.5 Å². The summed E-state index contributed by atoms with van der Waals surface area (Å²) >= 11 is 0. The molecule has 0 radical (unpaired) electrons. The molecule has 0 N–H and O–H groups in total. The SMILES string of the molecule is CCCCCCCCCCCCCCOc1ccc(C(=O)OCC)cc1OC. The number of ether oxygens (including phenoxy) is 3. The molecule has 0 fully saturated rings. The molecule has 1 aromatic rings. The van der Waals surface area contributed by atoms with E-state index in [9.17, 15) is 4.79 Å². The molecule has 0 aliphatic heterocycles. The molecule has 1 rings (SSSR count). The fraction of sp³-hybridized carbons (Fsp3) is 0.708. The van der Waals surface area contributed by atoms with Crippen LogP contribution in [0.3, 0.4) is 0 Å². The molecule has 0 amide bonds. The van der Waals surface area contributed by atoms with Crippen LogP contribution in [-0.2, 0) is 4.74 Å². The highest BCUT2D eigenvalue weighted by atomic mass is 16.5. The first-order valence-corrected chi connectivity index (χ1v) is 11.2. The molecule has 0 saturated heterocycles. The molecule has 0 spiro atoms. The predicted octanol–water partition coefficient (Wildman–Crippen LogP) is 6.95. The fourth-order valence-corrected chi connectivity index (χ4v) is 3.25. The summed E-state index contributed by atoms with van der Waals surface area (Å²) in [4.78, 5) is 11.8. The summed E-state index contributed by atoms with van der Waals surface area (Å²) in [5.74, 6) is 0.913. The predicted molar refractivity (Wildman–Crippen MR) is 116 cm³/mol. The van der Waals surface area contributed by atoms with Crippen molar-refractivity contribution in [2.75, 3.05) is 20.3 Å². The number of hydrogen-bond donors (Lipinski definition) is 0. The molecular weight excluding hydrogens is 352 g/mol. The minimum absolute atomic E-state index is 0.340. The zero-order valence-electron chi connectivity index (χ0n) is 18.3. The summed E-state index contributed by atoms with van der Waals surface area (Å²) in [5, 5.41) is 0. The van der Waals surface area contributed by atoms with Crippen LogP contribution in [0.15, 0.2) is 18.2 Å². The zero-order chi connectivity index (χ0) is 20.5. The summed E-state index contributed by atoms with van der Waals surface area (Å²) in [7, 11) is 1.58. The van der Waals surface area contributed by atoms with Gasteiger partial charge < -0.3 is 14.2 Å². The van der Waals surface area contributed by atoms with Crippen molar-refractivity contribution in [1.82, 2.24) is 0 Å². The Labute approximate surface area is 172 Å². The number of esters is 1. The summed E-state index contributed by atoms with van der Waals surface area (Å²) in [6.07, 6.45) is 15.9. The van der Waals surface area contributed by atoms with E-state index in [2.05, 4.69) is 6.92 Å². The Bertz CT molecular complexity index is 527. The van der Waals surface area contributed by atoms with Crippen LogP contribution in [0.5, 0.6) is 11.5 Å². The third-order valence-corrected chi connectivity index (χ3v) is 4.93. The summed E-state index contributed by atoms with van der Waals surface area (Å²) in [5.41, 5.74) is 0.483. The summed E-state index contributed by atoms with van der Waals surface area (Å²) in [6, 6.07) is 5.18. The van der Waals surface area contributed by atoms with E-state index in [4.69, 9.17) is 14.2 Å². The van der Waals surface area contributed by atoms with Crippen molar-refractivity contribution in [3.63, 3.8) is 0 Å². The van der Waals surface area contributed by atoms with E-state index in [0.29, 0.717) is 30.3 Å². The minimum atomic E-state index is -0.340. The number of hydrogen-bond acceptors (Lipinski definition) is 4. The zero-order valence-corrected chi connectivity index (χ0v) is 18.3. The van der Waals surface area contributed by atoms with E-state index in [-0.39, 0.29) is 5.97 Å². The molecule has 0 aliphatic rings. The van der Waals surface area contributed by atoms with Crippen LogP contribution in [-0.4, -0.2) is 26.3 Å². The standard InChI is InChI=1S/C24H40O4/c1-4-6-7-8-9-10-11-12-13-14-15-16-19-28-22-18-17-21(20-23(22)26-3)24(25)27-5-2/h17-18,20H,4-16,19H2,1-3H3. The first-order valence-electron chi connectivity index (χ1n) is 11.2. The van der Waals surface area contributed by atoms with Gasteiger partial charge in [0.25, 0.3) is 0 Å². The van der Waals surface area contributed by atoms with E-state index >= 15 is 0 Å². The number of methoxy groups -OCH3 is 1. The van der Waals surface area contributed by atoms with Crippen LogP contribution in [0.1, 0.15) is 101 Å². The molecule has 0 aromatic heterocycles. The maximum atomic E-state index is 11.8. The second kappa shape index (κ2) is 16.3. The van der Waals surface area contributed by atoms with E-state index < -0.39 is 0 Å². The summed E-state index contributed by atoms with van der Waals surface area (Å²) < 4.78 is 16.2. The van der Waals surface area contributed by atoms with Crippen LogP contribution < -0.4 is 9.47 Å². The average Bonchev–Trinajstić information content (AvgIpc) is 2.71. The topological polar surface area (TPSA) is 44.8 Å². The molecule has 0 bridgehead atoms. The van der Waals surface area contributed by atoms with Gasteiger partial charge in [0.1, 0.15) is 0 Å². The third kappa shape index (κ3) is 10.6. The van der Waals surface area contributed by atoms with Crippen molar-refractivity contribution in [3.8, 4) is 11.5 Å². The van der Waals surface area contributed by atoms with Gasteiger partial charge in [-0.3, -0.25) is 0 Å². The van der Waals surface area contributed by atoms with E-state index in [1.807, 2.05) is 0 Å². The molecule has 0 atom stereocenters. The van der Waals surface area contributed by atoms with Crippen molar-refractivity contribution < 1.29 is 19.0 Å². The maximum absolute atomic E-state index is 11.8. The molecular formula is C24H40O4. The molecule has 4 heteroatoms. The van der Waals surface area contributed by atoms with Gasteiger partial charge in [-0.2, -0.15) is 0 Å². The van der Waals surface area contributed by atoms with Crippen molar-refractivity contribution in [3.05, 3.63) is 23.8 Å². The van der Waals surface area contributed by atoms with Gasteiger partial charge in [0, 0.05) is 0 Å². The fourth-order valence-electron chi connectivity index (χ4n) is 3.25. The van der Waals surface area contributed by atoms with E-state index in [1.54, 1.807) is 32.2 Å². The number of benzene rings is 1.